The van der Waals surface area contributed by atoms with Crippen molar-refractivity contribution in [3.63, 3.8) is 0 Å². The fourth-order valence-electron chi connectivity index (χ4n) is 2.23. The zero-order valence-corrected chi connectivity index (χ0v) is 9.23. The number of rotatable bonds is 2. The topological polar surface area (TPSA) is 33.2 Å². The van der Waals surface area contributed by atoms with E-state index in [2.05, 4.69) is 23.7 Å². The van der Waals surface area contributed by atoms with Gasteiger partial charge in [0.2, 0.25) is 0 Å². The summed E-state index contributed by atoms with van der Waals surface area (Å²) in [7, 11) is 0. The summed E-state index contributed by atoms with van der Waals surface area (Å²) in [4.78, 5) is 17.5. The van der Waals surface area contributed by atoms with Crippen molar-refractivity contribution in [3.8, 4) is 0 Å². The Bertz CT molecular complexity index is 374. The van der Waals surface area contributed by atoms with Gasteiger partial charge in [-0.2, -0.15) is 0 Å². The molecule has 0 bridgehead atoms. The van der Waals surface area contributed by atoms with E-state index < -0.39 is 0 Å². The van der Waals surface area contributed by atoms with Crippen molar-refractivity contribution in [2.75, 3.05) is 11.4 Å². The zero-order valence-electron chi connectivity index (χ0n) is 9.23. The lowest BCUT2D eigenvalue weighted by atomic mass is 10.0. The van der Waals surface area contributed by atoms with Crippen molar-refractivity contribution in [1.29, 1.82) is 0 Å². The summed E-state index contributed by atoms with van der Waals surface area (Å²) in [6, 6.07) is 3.63. The van der Waals surface area contributed by atoms with Crippen LogP contribution in [0.4, 0.5) is 5.82 Å². The highest BCUT2D eigenvalue weighted by atomic mass is 16.1. The summed E-state index contributed by atoms with van der Waals surface area (Å²) in [6.45, 7) is 5.39. The lowest BCUT2D eigenvalue weighted by molar-refractivity contribution is 0.112. The molecule has 1 aromatic rings. The maximum absolute atomic E-state index is 10.9. The number of hydrogen-bond acceptors (Lipinski definition) is 3. The highest BCUT2D eigenvalue weighted by Gasteiger charge is 2.33. The highest BCUT2D eigenvalue weighted by Crippen LogP contribution is 2.33. The fraction of sp³-hybridized carbons (Fsp3) is 0.500. The van der Waals surface area contributed by atoms with Crippen LogP contribution in [0.25, 0.3) is 0 Å². The third kappa shape index (κ3) is 1.74. The molecule has 1 saturated heterocycles. The molecule has 80 valence electrons. The highest BCUT2D eigenvalue weighted by molar-refractivity contribution is 5.83. The van der Waals surface area contributed by atoms with Crippen LogP contribution in [0.2, 0.25) is 0 Å². The minimum Gasteiger partial charge on any atom is -0.351 e. The smallest absolute Gasteiger partial charge is 0.153 e. The van der Waals surface area contributed by atoms with E-state index in [4.69, 9.17) is 0 Å². The Labute approximate surface area is 90.1 Å². The number of hydrogen-bond donors (Lipinski definition) is 0. The Morgan fingerprint density at radius 1 is 1.53 bits per heavy atom. The Morgan fingerprint density at radius 3 is 2.93 bits per heavy atom. The van der Waals surface area contributed by atoms with Gasteiger partial charge in [0, 0.05) is 18.3 Å². The van der Waals surface area contributed by atoms with Crippen LogP contribution in [-0.4, -0.2) is 23.4 Å². The van der Waals surface area contributed by atoms with Crippen LogP contribution < -0.4 is 4.90 Å². The van der Waals surface area contributed by atoms with E-state index in [1.807, 2.05) is 6.07 Å². The molecule has 2 heterocycles. The van der Waals surface area contributed by atoms with Crippen LogP contribution >= 0.6 is 0 Å². The predicted molar refractivity (Wildman–Crippen MR) is 60.3 cm³/mol. The molecule has 0 spiro atoms. The van der Waals surface area contributed by atoms with E-state index in [-0.39, 0.29) is 5.54 Å². The lowest BCUT2D eigenvalue weighted by Crippen LogP contribution is -2.39. The Kier molecular flexibility index (Phi) is 2.47. The second-order valence-electron chi connectivity index (χ2n) is 4.60. The lowest BCUT2D eigenvalue weighted by Gasteiger charge is -2.33. The number of carbonyl (C=O) groups is 1. The van der Waals surface area contributed by atoms with Crippen molar-refractivity contribution in [2.45, 2.75) is 32.2 Å². The van der Waals surface area contributed by atoms with E-state index in [1.54, 1.807) is 12.3 Å². The van der Waals surface area contributed by atoms with E-state index in [1.165, 1.54) is 6.42 Å². The molecule has 0 aliphatic carbocycles. The Morgan fingerprint density at radius 2 is 2.33 bits per heavy atom. The molecular formula is C12H16N2O. The summed E-state index contributed by atoms with van der Waals surface area (Å²) < 4.78 is 0. The van der Waals surface area contributed by atoms with Crippen molar-refractivity contribution in [3.05, 3.63) is 23.9 Å². The van der Waals surface area contributed by atoms with Gasteiger partial charge in [0.05, 0.1) is 5.56 Å². The second kappa shape index (κ2) is 3.65. The molecule has 1 fully saturated rings. The maximum atomic E-state index is 10.9. The van der Waals surface area contributed by atoms with Crippen LogP contribution in [-0.2, 0) is 0 Å². The molecule has 0 aromatic carbocycles. The quantitative estimate of drug-likeness (QED) is 0.693. The van der Waals surface area contributed by atoms with Gasteiger partial charge in [-0.25, -0.2) is 4.98 Å². The van der Waals surface area contributed by atoms with Gasteiger partial charge in [0.1, 0.15) is 5.82 Å². The van der Waals surface area contributed by atoms with E-state index >= 15 is 0 Å². The van der Waals surface area contributed by atoms with Gasteiger partial charge in [0.15, 0.2) is 6.29 Å². The van der Waals surface area contributed by atoms with Crippen molar-refractivity contribution < 1.29 is 4.79 Å². The normalized spacial score (nSPS) is 19.2. The van der Waals surface area contributed by atoms with Gasteiger partial charge < -0.3 is 4.90 Å². The third-order valence-electron chi connectivity index (χ3n) is 3.10. The van der Waals surface area contributed by atoms with E-state index in [0.29, 0.717) is 5.56 Å². The fourth-order valence-corrected chi connectivity index (χ4v) is 2.23. The molecule has 1 aliphatic rings. The first-order chi connectivity index (χ1) is 7.15. The number of aldehydes is 1. The van der Waals surface area contributed by atoms with Gasteiger partial charge in [-0.1, -0.05) is 0 Å². The van der Waals surface area contributed by atoms with Crippen LogP contribution in [0.5, 0.6) is 0 Å². The Hall–Kier alpha value is -1.38. The van der Waals surface area contributed by atoms with Crippen molar-refractivity contribution in [2.24, 2.45) is 0 Å². The average molecular weight is 204 g/mol. The number of pyridine rings is 1. The monoisotopic (exact) mass is 204 g/mol. The molecule has 15 heavy (non-hydrogen) atoms. The van der Waals surface area contributed by atoms with Crippen LogP contribution in [0.15, 0.2) is 18.3 Å². The maximum Gasteiger partial charge on any atom is 0.153 e. The standard InChI is InChI=1S/C12H16N2O/c1-12(2)6-4-8-14(12)11-10(9-15)5-3-7-13-11/h3,5,7,9H,4,6,8H2,1-2H3. The van der Waals surface area contributed by atoms with Crippen molar-refractivity contribution >= 4 is 12.1 Å². The summed E-state index contributed by atoms with van der Waals surface area (Å²) in [5.41, 5.74) is 0.805. The summed E-state index contributed by atoms with van der Waals surface area (Å²) >= 11 is 0. The first kappa shape index (κ1) is 10.1. The first-order valence-corrected chi connectivity index (χ1v) is 5.33. The Balaban J connectivity index is 2.40. The van der Waals surface area contributed by atoms with Gasteiger partial charge in [-0.15, -0.1) is 0 Å². The van der Waals surface area contributed by atoms with Gasteiger partial charge in [0.25, 0.3) is 0 Å². The zero-order chi connectivity index (χ0) is 10.9. The van der Waals surface area contributed by atoms with Crippen LogP contribution in [0.1, 0.15) is 37.0 Å². The molecule has 0 N–H and O–H groups in total. The minimum atomic E-state index is 0.117. The summed E-state index contributed by atoms with van der Waals surface area (Å²) in [5.74, 6) is 0.829. The molecule has 0 saturated carbocycles. The average Bonchev–Trinajstić information content (AvgIpc) is 2.58. The molecule has 0 amide bonds. The number of anilines is 1. The van der Waals surface area contributed by atoms with Crippen LogP contribution in [0, 0.1) is 0 Å². The summed E-state index contributed by atoms with van der Waals surface area (Å²) in [6.07, 6.45) is 4.96. The first-order valence-electron chi connectivity index (χ1n) is 5.33. The molecule has 3 nitrogen and oxygen atoms in total. The van der Waals surface area contributed by atoms with Gasteiger partial charge in [-0.05, 0) is 38.8 Å². The van der Waals surface area contributed by atoms with E-state index in [9.17, 15) is 4.79 Å². The largest absolute Gasteiger partial charge is 0.351 e. The SMILES string of the molecule is CC1(C)CCCN1c1ncccc1C=O. The number of aromatic nitrogens is 1. The number of carbonyl (C=O) groups excluding carboxylic acids is 1. The predicted octanol–water partition coefficient (Wildman–Crippen LogP) is 2.27. The number of nitrogens with zero attached hydrogens (tertiary/aromatic N) is 2. The molecule has 1 aliphatic heterocycles. The minimum absolute atomic E-state index is 0.117. The second-order valence-corrected chi connectivity index (χ2v) is 4.60. The molecule has 0 radical (unpaired) electrons. The van der Waals surface area contributed by atoms with Gasteiger partial charge in [-0.3, -0.25) is 4.79 Å². The van der Waals surface area contributed by atoms with E-state index in [0.717, 1.165) is 25.1 Å². The molecular weight excluding hydrogens is 188 g/mol. The molecule has 0 atom stereocenters. The van der Waals surface area contributed by atoms with Crippen molar-refractivity contribution in [1.82, 2.24) is 4.98 Å². The molecule has 1 aromatic heterocycles. The van der Waals surface area contributed by atoms with Crippen LogP contribution in [0.3, 0.4) is 0 Å². The summed E-state index contributed by atoms with van der Waals surface area (Å²) in [5, 5.41) is 0. The molecule has 3 heteroatoms. The van der Waals surface area contributed by atoms with Gasteiger partial charge >= 0.3 is 0 Å². The third-order valence-corrected chi connectivity index (χ3v) is 3.10. The molecule has 2 rings (SSSR count). The molecule has 0 unspecified atom stereocenters.